The van der Waals surface area contributed by atoms with E-state index in [2.05, 4.69) is 20.3 Å². The van der Waals surface area contributed by atoms with Crippen LogP contribution in [0, 0.1) is 6.92 Å². The summed E-state index contributed by atoms with van der Waals surface area (Å²) in [6.07, 6.45) is 0. The molecule has 0 aliphatic carbocycles. The fourth-order valence-electron chi connectivity index (χ4n) is 1.88. The Morgan fingerprint density at radius 2 is 1.75 bits per heavy atom. The standard InChI is InChI=1S/C15H16N4O5/c1-8-13(14(16)24-19-8)15(22)23-7-12(21)18-11-5-3-10(4-6-11)17-9(2)20/h3-6H,7,16H2,1-2H3,(H,17,20)(H,18,21). The first-order valence-electron chi connectivity index (χ1n) is 6.93. The Morgan fingerprint density at radius 1 is 1.17 bits per heavy atom. The minimum absolute atomic E-state index is 0.00228. The molecule has 0 fully saturated rings. The SMILES string of the molecule is CC(=O)Nc1ccc(NC(=O)COC(=O)c2c(C)noc2N)cc1. The molecule has 0 atom stereocenters. The molecule has 2 aromatic rings. The lowest BCUT2D eigenvalue weighted by Crippen LogP contribution is -2.21. The maximum atomic E-state index is 11.8. The molecule has 4 N–H and O–H groups in total. The lowest BCUT2D eigenvalue weighted by molar-refractivity contribution is -0.119. The van der Waals surface area contributed by atoms with Gasteiger partial charge in [0.1, 0.15) is 5.56 Å². The van der Waals surface area contributed by atoms with E-state index in [0.717, 1.165) is 0 Å². The van der Waals surface area contributed by atoms with Crippen LogP contribution in [0.25, 0.3) is 0 Å². The number of esters is 1. The molecule has 0 aliphatic heterocycles. The van der Waals surface area contributed by atoms with Crippen LogP contribution in [0.5, 0.6) is 0 Å². The first-order chi connectivity index (χ1) is 11.4. The lowest BCUT2D eigenvalue weighted by atomic mass is 10.2. The van der Waals surface area contributed by atoms with Crippen molar-refractivity contribution in [3.8, 4) is 0 Å². The fraction of sp³-hybridized carbons (Fsp3) is 0.200. The number of amides is 2. The van der Waals surface area contributed by atoms with Gasteiger partial charge < -0.3 is 25.6 Å². The van der Waals surface area contributed by atoms with E-state index in [1.807, 2.05) is 0 Å². The second-order valence-corrected chi connectivity index (χ2v) is 4.89. The van der Waals surface area contributed by atoms with Gasteiger partial charge in [0.2, 0.25) is 11.8 Å². The van der Waals surface area contributed by atoms with Crippen molar-refractivity contribution >= 4 is 35.0 Å². The first kappa shape index (κ1) is 17.0. The normalized spacial score (nSPS) is 10.1. The van der Waals surface area contributed by atoms with Gasteiger partial charge in [-0.1, -0.05) is 5.16 Å². The summed E-state index contributed by atoms with van der Waals surface area (Å²) in [4.78, 5) is 34.5. The van der Waals surface area contributed by atoms with E-state index in [-0.39, 0.29) is 23.0 Å². The number of aromatic nitrogens is 1. The van der Waals surface area contributed by atoms with Crippen molar-refractivity contribution < 1.29 is 23.6 Å². The van der Waals surface area contributed by atoms with Crippen LogP contribution in [0.4, 0.5) is 17.3 Å². The molecular weight excluding hydrogens is 316 g/mol. The van der Waals surface area contributed by atoms with Crippen molar-refractivity contribution in [2.75, 3.05) is 23.0 Å². The molecule has 0 saturated heterocycles. The van der Waals surface area contributed by atoms with Gasteiger partial charge in [0.05, 0.1) is 5.69 Å². The number of nitrogens with two attached hydrogens (primary N) is 1. The maximum absolute atomic E-state index is 11.8. The number of benzene rings is 1. The van der Waals surface area contributed by atoms with Gasteiger partial charge in [0.15, 0.2) is 6.61 Å². The highest BCUT2D eigenvalue weighted by molar-refractivity contribution is 5.98. The quantitative estimate of drug-likeness (QED) is 0.702. The molecule has 9 nitrogen and oxygen atoms in total. The van der Waals surface area contributed by atoms with E-state index in [1.165, 1.54) is 13.8 Å². The monoisotopic (exact) mass is 332 g/mol. The second kappa shape index (κ2) is 7.27. The predicted octanol–water partition coefficient (Wildman–Crippen LogP) is 1.32. The molecule has 1 heterocycles. The summed E-state index contributed by atoms with van der Waals surface area (Å²) < 4.78 is 9.52. The largest absolute Gasteiger partial charge is 0.452 e. The van der Waals surface area contributed by atoms with Gasteiger partial charge in [0, 0.05) is 18.3 Å². The third-order valence-electron chi connectivity index (χ3n) is 2.92. The number of hydrogen-bond donors (Lipinski definition) is 3. The molecule has 0 unspecified atom stereocenters. The summed E-state index contributed by atoms with van der Waals surface area (Å²) in [5, 5.41) is 8.69. The Bertz CT molecular complexity index is 747. The van der Waals surface area contributed by atoms with Crippen molar-refractivity contribution in [3.05, 3.63) is 35.5 Å². The van der Waals surface area contributed by atoms with Gasteiger partial charge in [-0.05, 0) is 31.2 Å². The third-order valence-corrected chi connectivity index (χ3v) is 2.92. The summed E-state index contributed by atoms with van der Waals surface area (Å²) in [5.74, 6) is -1.67. The highest BCUT2D eigenvalue weighted by atomic mass is 16.5. The zero-order valence-electron chi connectivity index (χ0n) is 13.1. The molecular formula is C15H16N4O5. The van der Waals surface area contributed by atoms with Crippen LogP contribution in [-0.2, 0) is 14.3 Å². The van der Waals surface area contributed by atoms with Crippen LogP contribution in [0.3, 0.4) is 0 Å². The second-order valence-electron chi connectivity index (χ2n) is 4.89. The topological polar surface area (TPSA) is 137 Å². The molecule has 0 aliphatic rings. The summed E-state index contributed by atoms with van der Waals surface area (Å²) >= 11 is 0. The molecule has 0 bridgehead atoms. The smallest absolute Gasteiger partial charge is 0.346 e. The number of nitrogen functional groups attached to an aromatic ring is 1. The van der Waals surface area contributed by atoms with E-state index in [0.29, 0.717) is 11.4 Å². The molecule has 0 saturated carbocycles. The minimum atomic E-state index is -0.789. The van der Waals surface area contributed by atoms with E-state index >= 15 is 0 Å². The fourth-order valence-corrected chi connectivity index (χ4v) is 1.88. The Morgan fingerprint density at radius 3 is 2.25 bits per heavy atom. The third kappa shape index (κ3) is 4.32. The summed E-state index contributed by atoms with van der Waals surface area (Å²) in [6, 6.07) is 6.47. The molecule has 1 aromatic heterocycles. The Hall–Kier alpha value is -3.36. The Kier molecular flexibility index (Phi) is 5.15. The molecule has 9 heteroatoms. The molecule has 126 valence electrons. The summed E-state index contributed by atoms with van der Waals surface area (Å²) in [5.41, 5.74) is 6.84. The van der Waals surface area contributed by atoms with Crippen LogP contribution in [0.2, 0.25) is 0 Å². The molecule has 2 rings (SSSR count). The number of nitrogens with one attached hydrogen (secondary N) is 2. The summed E-state index contributed by atoms with van der Waals surface area (Å²) in [7, 11) is 0. The highest BCUT2D eigenvalue weighted by Gasteiger charge is 2.20. The van der Waals surface area contributed by atoms with Crippen molar-refractivity contribution in [1.29, 1.82) is 0 Å². The molecule has 0 radical (unpaired) electrons. The Balaban J connectivity index is 1.87. The van der Waals surface area contributed by atoms with Gasteiger partial charge in [-0.3, -0.25) is 9.59 Å². The van der Waals surface area contributed by atoms with E-state index in [9.17, 15) is 14.4 Å². The summed E-state index contributed by atoms with van der Waals surface area (Å²) in [6.45, 7) is 2.44. The number of nitrogens with zero attached hydrogens (tertiary/aromatic N) is 1. The first-order valence-corrected chi connectivity index (χ1v) is 6.93. The number of hydrogen-bond acceptors (Lipinski definition) is 7. The Labute approximate surface area is 137 Å². The van der Waals surface area contributed by atoms with Crippen LogP contribution < -0.4 is 16.4 Å². The number of carbonyl (C=O) groups is 3. The number of aryl methyl sites for hydroxylation is 1. The predicted molar refractivity (Wildman–Crippen MR) is 85.3 cm³/mol. The van der Waals surface area contributed by atoms with E-state index in [1.54, 1.807) is 24.3 Å². The number of anilines is 3. The van der Waals surface area contributed by atoms with E-state index < -0.39 is 18.5 Å². The minimum Gasteiger partial charge on any atom is -0.452 e. The number of ether oxygens (including phenoxy) is 1. The lowest BCUT2D eigenvalue weighted by Gasteiger charge is -2.07. The number of rotatable bonds is 5. The van der Waals surface area contributed by atoms with Crippen LogP contribution in [-0.4, -0.2) is 29.5 Å². The van der Waals surface area contributed by atoms with E-state index in [4.69, 9.17) is 10.5 Å². The van der Waals surface area contributed by atoms with Gasteiger partial charge >= 0.3 is 5.97 Å². The van der Waals surface area contributed by atoms with Crippen molar-refractivity contribution in [2.24, 2.45) is 0 Å². The van der Waals surface area contributed by atoms with Crippen molar-refractivity contribution in [3.63, 3.8) is 0 Å². The average Bonchev–Trinajstić information content (AvgIpc) is 2.85. The highest BCUT2D eigenvalue weighted by Crippen LogP contribution is 2.17. The number of carbonyl (C=O) groups excluding carboxylic acids is 3. The van der Waals surface area contributed by atoms with Crippen molar-refractivity contribution in [2.45, 2.75) is 13.8 Å². The zero-order chi connectivity index (χ0) is 17.7. The zero-order valence-corrected chi connectivity index (χ0v) is 13.1. The van der Waals surface area contributed by atoms with Crippen LogP contribution >= 0.6 is 0 Å². The van der Waals surface area contributed by atoms with Gasteiger partial charge in [-0.15, -0.1) is 0 Å². The maximum Gasteiger partial charge on any atom is 0.346 e. The molecule has 1 aromatic carbocycles. The van der Waals surface area contributed by atoms with Gasteiger partial charge in [-0.2, -0.15) is 0 Å². The van der Waals surface area contributed by atoms with Crippen molar-refractivity contribution in [1.82, 2.24) is 5.16 Å². The van der Waals surface area contributed by atoms with Crippen LogP contribution in [0.15, 0.2) is 28.8 Å². The average molecular weight is 332 g/mol. The molecule has 24 heavy (non-hydrogen) atoms. The molecule has 2 amide bonds. The van der Waals surface area contributed by atoms with Crippen LogP contribution in [0.1, 0.15) is 23.0 Å². The van der Waals surface area contributed by atoms with Gasteiger partial charge in [-0.25, -0.2) is 4.79 Å². The van der Waals surface area contributed by atoms with Gasteiger partial charge in [0.25, 0.3) is 5.91 Å². The molecule has 0 spiro atoms.